The molecule has 0 aliphatic carbocycles. The van der Waals surface area contributed by atoms with E-state index in [1.807, 2.05) is 19.9 Å². The summed E-state index contributed by atoms with van der Waals surface area (Å²) in [5.41, 5.74) is 0.328. The van der Waals surface area contributed by atoms with Crippen molar-refractivity contribution in [3.8, 4) is 0 Å². The van der Waals surface area contributed by atoms with Gasteiger partial charge < -0.3 is 15.1 Å². The molecule has 26 heavy (non-hydrogen) atoms. The third kappa shape index (κ3) is 4.04. The second-order valence-electron chi connectivity index (χ2n) is 6.09. The number of halogens is 2. The third-order valence-electron chi connectivity index (χ3n) is 4.23. The van der Waals surface area contributed by atoms with Crippen molar-refractivity contribution in [1.29, 1.82) is 0 Å². The van der Waals surface area contributed by atoms with E-state index in [0.717, 1.165) is 24.2 Å². The van der Waals surface area contributed by atoms with Gasteiger partial charge in [0, 0.05) is 38.8 Å². The molecule has 1 amide bonds. The maximum Gasteiger partial charge on any atom is 0.255 e. The van der Waals surface area contributed by atoms with Gasteiger partial charge in [-0.05, 0) is 32.0 Å². The fourth-order valence-electron chi connectivity index (χ4n) is 2.96. The van der Waals surface area contributed by atoms with Gasteiger partial charge >= 0.3 is 0 Å². The predicted molar refractivity (Wildman–Crippen MR) is 100 cm³/mol. The standard InChI is InChI=1S/C18H21ClFN5O/c1-3-21-16-11-17(23-12(2)22-16)24-6-8-25(9-7-24)18(26)14-5-4-13(20)10-15(14)19/h4-5,10-11H,3,6-9H2,1-2H3,(H,21,22,23). The molecule has 1 N–H and O–H groups in total. The topological polar surface area (TPSA) is 61.4 Å². The van der Waals surface area contributed by atoms with Crippen molar-refractivity contribution in [3.05, 3.63) is 46.5 Å². The molecular formula is C18H21ClFN5O. The first-order chi connectivity index (χ1) is 12.5. The molecule has 2 heterocycles. The highest BCUT2D eigenvalue weighted by Gasteiger charge is 2.24. The van der Waals surface area contributed by atoms with Crippen molar-refractivity contribution in [2.75, 3.05) is 42.9 Å². The molecular weight excluding hydrogens is 357 g/mol. The van der Waals surface area contributed by atoms with Gasteiger partial charge in [0.2, 0.25) is 0 Å². The Bertz CT molecular complexity index is 808. The molecule has 0 unspecified atom stereocenters. The number of carbonyl (C=O) groups is 1. The average Bonchev–Trinajstić information content (AvgIpc) is 2.61. The molecule has 0 spiro atoms. The molecule has 6 nitrogen and oxygen atoms in total. The molecule has 1 aromatic carbocycles. The smallest absolute Gasteiger partial charge is 0.255 e. The van der Waals surface area contributed by atoms with Crippen LogP contribution in [0.15, 0.2) is 24.3 Å². The summed E-state index contributed by atoms with van der Waals surface area (Å²) in [5, 5.41) is 3.34. The Morgan fingerprint density at radius 1 is 1.23 bits per heavy atom. The first kappa shape index (κ1) is 18.4. The Hall–Kier alpha value is -2.41. The van der Waals surface area contributed by atoms with Crippen molar-refractivity contribution in [3.63, 3.8) is 0 Å². The number of hydrogen-bond donors (Lipinski definition) is 1. The minimum Gasteiger partial charge on any atom is -0.370 e. The van der Waals surface area contributed by atoms with Crippen molar-refractivity contribution in [2.45, 2.75) is 13.8 Å². The number of nitrogens with zero attached hydrogens (tertiary/aromatic N) is 4. The summed E-state index contributed by atoms with van der Waals surface area (Å²) in [7, 11) is 0. The van der Waals surface area contributed by atoms with Crippen LogP contribution in [-0.2, 0) is 0 Å². The lowest BCUT2D eigenvalue weighted by atomic mass is 10.1. The van der Waals surface area contributed by atoms with Crippen LogP contribution in [0.2, 0.25) is 5.02 Å². The quantitative estimate of drug-likeness (QED) is 0.887. The number of amides is 1. The minimum atomic E-state index is -0.452. The Labute approximate surface area is 157 Å². The van der Waals surface area contributed by atoms with E-state index in [9.17, 15) is 9.18 Å². The number of nitrogens with one attached hydrogen (secondary N) is 1. The molecule has 1 saturated heterocycles. The lowest BCUT2D eigenvalue weighted by molar-refractivity contribution is 0.0746. The van der Waals surface area contributed by atoms with Crippen LogP contribution < -0.4 is 10.2 Å². The van der Waals surface area contributed by atoms with Crippen LogP contribution in [-0.4, -0.2) is 53.5 Å². The molecule has 1 aliphatic rings. The zero-order chi connectivity index (χ0) is 18.7. The maximum atomic E-state index is 13.2. The SMILES string of the molecule is CCNc1cc(N2CCN(C(=O)c3ccc(F)cc3Cl)CC2)nc(C)n1. The highest BCUT2D eigenvalue weighted by Crippen LogP contribution is 2.22. The molecule has 0 atom stereocenters. The molecule has 138 valence electrons. The summed E-state index contributed by atoms with van der Waals surface area (Å²) >= 11 is 6.01. The fourth-order valence-corrected chi connectivity index (χ4v) is 3.21. The Balaban J connectivity index is 1.68. The van der Waals surface area contributed by atoms with E-state index in [0.29, 0.717) is 37.6 Å². The molecule has 0 saturated carbocycles. The van der Waals surface area contributed by atoms with Crippen molar-refractivity contribution >= 4 is 29.1 Å². The molecule has 2 aromatic rings. The van der Waals surface area contributed by atoms with Gasteiger partial charge in [-0.25, -0.2) is 14.4 Å². The van der Waals surface area contributed by atoms with Gasteiger partial charge in [0.1, 0.15) is 23.3 Å². The van der Waals surface area contributed by atoms with E-state index in [1.165, 1.54) is 12.1 Å². The van der Waals surface area contributed by atoms with Crippen LogP contribution in [0.25, 0.3) is 0 Å². The predicted octanol–water partition coefficient (Wildman–Crippen LogP) is 2.97. The molecule has 1 fully saturated rings. The number of piperazine rings is 1. The monoisotopic (exact) mass is 377 g/mol. The molecule has 0 radical (unpaired) electrons. The van der Waals surface area contributed by atoms with Gasteiger partial charge in [-0.2, -0.15) is 0 Å². The minimum absolute atomic E-state index is 0.138. The zero-order valence-electron chi connectivity index (χ0n) is 14.8. The number of aromatic nitrogens is 2. The van der Waals surface area contributed by atoms with E-state index < -0.39 is 5.82 Å². The van der Waals surface area contributed by atoms with Gasteiger partial charge in [-0.15, -0.1) is 0 Å². The number of benzene rings is 1. The highest BCUT2D eigenvalue weighted by molar-refractivity contribution is 6.33. The molecule has 0 bridgehead atoms. The summed E-state index contributed by atoms with van der Waals surface area (Å²) < 4.78 is 13.2. The molecule has 3 rings (SSSR count). The number of aryl methyl sites for hydroxylation is 1. The van der Waals surface area contributed by atoms with Gasteiger partial charge in [0.05, 0.1) is 10.6 Å². The van der Waals surface area contributed by atoms with Crippen molar-refractivity contribution < 1.29 is 9.18 Å². The lowest BCUT2D eigenvalue weighted by Crippen LogP contribution is -2.49. The Kier molecular flexibility index (Phi) is 5.56. The lowest BCUT2D eigenvalue weighted by Gasteiger charge is -2.35. The number of anilines is 2. The van der Waals surface area contributed by atoms with Gasteiger partial charge in [0.15, 0.2) is 0 Å². The molecule has 8 heteroatoms. The van der Waals surface area contributed by atoms with E-state index in [4.69, 9.17) is 11.6 Å². The second kappa shape index (κ2) is 7.86. The van der Waals surface area contributed by atoms with Gasteiger partial charge in [-0.1, -0.05) is 11.6 Å². The summed E-state index contributed by atoms with van der Waals surface area (Å²) in [6, 6.07) is 5.77. The normalized spacial score (nSPS) is 14.5. The molecule has 1 aliphatic heterocycles. The van der Waals surface area contributed by atoms with Crippen LogP contribution in [0.3, 0.4) is 0 Å². The van der Waals surface area contributed by atoms with E-state index >= 15 is 0 Å². The van der Waals surface area contributed by atoms with E-state index in [2.05, 4.69) is 20.2 Å². The van der Waals surface area contributed by atoms with Crippen LogP contribution in [0.5, 0.6) is 0 Å². The average molecular weight is 378 g/mol. The Morgan fingerprint density at radius 3 is 2.62 bits per heavy atom. The summed E-state index contributed by atoms with van der Waals surface area (Å²) in [4.78, 5) is 25.4. The van der Waals surface area contributed by atoms with E-state index in [1.54, 1.807) is 4.90 Å². The van der Waals surface area contributed by atoms with Crippen LogP contribution >= 0.6 is 11.6 Å². The Morgan fingerprint density at radius 2 is 1.96 bits per heavy atom. The van der Waals surface area contributed by atoms with Gasteiger partial charge in [-0.3, -0.25) is 4.79 Å². The van der Waals surface area contributed by atoms with Crippen LogP contribution in [0.4, 0.5) is 16.0 Å². The fraction of sp³-hybridized carbons (Fsp3) is 0.389. The van der Waals surface area contributed by atoms with Crippen LogP contribution in [0, 0.1) is 12.7 Å². The molecule has 1 aromatic heterocycles. The van der Waals surface area contributed by atoms with E-state index in [-0.39, 0.29) is 10.9 Å². The van der Waals surface area contributed by atoms with Gasteiger partial charge in [0.25, 0.3) is 5.91 Å². The third-order valence-corrected chi connectivity index (χ3v) is 4.55. The maximum absolute atomic E-state index is 13.2. The summed E-state index contributed by atoms with van der Waals surface area (Å²) in [6.45, 7) is 7.08. The number of rotatable bonds is 4. The van der Waals surface area contributed by atoms with Crippen LogP contribution in [0.1, 0.15) is 23.1 Å². The number of carbonyl (C=O) groups excluding carboxylic acids is 1. The summed E-state index contributed by atoms with van der Waals surface area (Å²) in [6.07, 6.45) is 0. The number of hydrogen-bond acceptors (Lipinski definition) is 5. The first-order valence-electron chi connectivity index (χ1n) is 8.56. The second-order valence-corrected chi connectivity index (χ2v) is 6.50. The largest absolute Gasteiger partial charge is 0.370 e. The van der Waals surface area contributed by atoms with Crippen molar-refractivity contribution in [2.24, 2.45) is 0 Å². The zero-order valence-corrected chi connectivity index (χ0v) is 15.6. The van der Waals surface area contributed by atoms with Crippen molar-refractivity contribution in [1.82, 2.24) is 14.9 Å². The summed E-state index contributed by atoms with van der Waals surface area (Å²) in [5.74, 6) is 1.72. The first-order valence-corrected chi connectivity index (χ1v) is 8.94. The highest BCUT2D eigenvalue weighted by atomic mass is 35.5.